The maximum atomic E-state index is 11.9. The fraction of sp³-hybridized carbons (Fsp3) is 0.222. The van der Waals surface area contributed by atoms with E-state index in [1.807, 2.05) is 61.5 Å². The van der Waals surface area contributed by atoms with Crippen molar-refractivity contribution in [3.8, 4) is 6.07 Å². The van der Waals surface area contributed by atoms with Gasteiger partial charge in [-0.25, -0.2) is 0 Å². The van der Waals surface area contributed by atoms with Crippen molar-refractivity contribution < 1.29 is 9.53 Å². The number of nitriles is 1. The van der Waals surface area contributed by atoms with Gasteiger partial charge in [0, 0.05) is 0 Å². The van der Waals surface area contributed by atoms with Crippen LogP contribution in [0.15, 0.2) is 54.6 Å². The Kier molecular flexibility index (Phi) is 5.11. The average molecular weight is 279 g/mol. The normalized spacial score (nSPS) is 11.4. The van der Waals surface area contributed by atoms with Gasteiger partial charge in [-0.2, -0.15) is 5.26 Å². The predicted octanol–water partition coefficient (Wildman–Crippen LogP) is 3.74. The molecule has 3 nitrogen and oxygen atoms in total. The molecule has 0 spiro atoms. The molecule has 0 aliphatic rings. The number of hydrogen-bond donors (Lipinski definition) is 0. The Labute approximate surface area is 124 Å². The zero-order valence-electron chi connectivity index (χ0n) is 12.0. The monoisotopic (exact) mass is 279 g/mol. The molecule has 2 aromatic rings. The SMILES string of the molecule is Cc1ccc(C(C#N)CC(=O)OCc2ccccc2)cc1. The molecular weight excluding hydrogens is 262 g/mol. The molecule has 2 aromatic carbocycles. The molecule has 0 amide bonds. The van der Waals surface area contributed by atoms with E-state index in [0.717, 1.165) is 16.7 Å². The smallest absolute Gasteiger partial charge is 0.307 e. The van der Waals surface area contributed by atoms with E-state index in [1.165, 1.54) is 0 Å². The predicted molar refractivity (Wildman–Crippen MR) is 80.4 cm³/mol. The molecule has 0 aliphatic carbocycles. The summed E-state index contributed by atoms with van der Waals surface area (Å²) in [4.78, 5) is 11.9. The number of rotatable bonds is 5. The number of aryl methyl sites for hydroxylation is 1. The molecule has 3 heteroatoms. The van der Waals surface area contributed by atoms with Crippen molar-refractivity contribution in [3.05, 3.63) is 71.3 Å². The summed E-state index contributed by atoms with van der Waals surface area (Å²) in [6.45, 7) is 2.23. The second-order valence-electron chi connectivity index (χ2n) is 4.94. The van der Waals surface area contributed by atoms with E-state index in [9.17, 15) is 10.1 Å². The lowest BCUT2D eigenvalue weighted by atomic mass is 9.96. The number of carbonyl (C=O) groups excluding carboxylic acids is 1. The first-order valence-electron chi connectivity index (χ1n) is 6.85. The zero-order chi connectivity index (χ0) is 15.1. The summed E-state index contributed by atoms with van der Waals surface area (Å²) in [5.41, 5.74) is 2.91. The first-order chi connectivity index (χ1) is 10.2. The highest BCUT2D eigenvalue weighted by atomic mass is 16.5. The van der Waals surface area contributed by atoms with Gasteiger partial charge in [-0.15, -0.1) is 0 Å². The minimum Gasteiger partial charge on any atom is -0.461 e. The van der Waals surface area contributed by atoms with E-state index in [-0.39, 0.29) is 19.0 Å². The number of ether oxygens (including phenoxy) is 1. The van der Waals surface area contributed by atoms with Crippen molar-refractivity contribution in [2.24, 2.45) is 0 Å². The van der Waals surface area contributed by atoms with Crippen molar-refractivity contribution in [1.82, 2.24) is 0 Å². The van der Waals surface area contributed by atoms with Crippen LogP contribution in [0.1, 0.15) is 29.0 Å². The Morgan fingerprint density at radius 3 is 2.43 bits per heavy atom. The van der Waals surface area contributed by atoms with Gasteiger partial charge in [-0.3, -0.25) is 4.79 Å². The fourth-order valence-corrected chi connectivity index (χ4v) is 2.00. The van der Waals surface area contributed by atoms with Crippen molar-refractivity contribution in [1.29, 1.82) is 5.26 Å². The maximum absolute atomic E-state index is 11.9. The van der Waals surface area contributed by atoms with Gasteiger partial charge in [0.15, 0.2) is 0 Å². The summed E-state index contributed by atoms with van der Waals surface area (Å²) in [6.07, 6.45) is 0.0758. The summed E-state index contributed by atoms with van der Waals surface area (Å²) < 4.78 is 5.22. The topological polar surface area (TPSA) is 50.1 Å². The summed E-state index contributed by atoms with van der Waals surface area (Å²) in [6, 6.07) is 19.3. The minimum absolute atomic E-state index is 0.0758. The van der Waals surface area contributed by atoms with Gasteiger partial charge < -0.3 is 4.74 Å². The third-order valence-electron chi connectivity index (χ3n) is 3.25. The Balaban J connectivity index is 1.91. The molecule has 0 saturated heterocycles. The van der Waals surface area contributed by atoms with Crippen LogP contribution >= 0.6 is 0 Å². The highest BCUT2D eigenvalue weighted by molar-refractivity contribution is 5.71. The average Bonchev–Trinajstić information content (AvgIpc) is 2.52. The van der Waals surface area contributed by atoms with Crippen LogP contribution in [0.5, 0.6) is 0 Å². The molecule has 0 aromatic heterocycles. The second kappa shape index (κ2) is 7.25. The lowest BCUT2D eigenvalue weighted by Crippen LogP contribution is -2.09. The number of hydrogen-bond acceptors (Lipinski definition) is 3. The van der Waals surface area contributed by atoms with Crippen molar-refractivity contribution in [3.63, 3.8) is 0 Å². The molecule has 0 radical (unpaired) electrons. The van der Waals surface area contributed by atoms with E-state index in [1.54, 1.807) is 0 Å². The van der Waals surface area contributed by atoms with Crippen LogP contribution in [0.2, 0.25) is 0 Å². The summed E-state index contributed by atoms with van der Waals surface area (Å²) in [7, 11) is 0. The molecule has 0 heterocycles. The molecule has 0 aliphatic heterocycles. The van der Waals surface area contributed by atoms with Crippen LogP contribution in [0.4, 0.5) is 0 Å². The van der Waals surface area contributed by atoms with Gasteiger partial charge in [0.2, 0.25) is 0 Å². The number of benzene rings is 2. The van der Waals surface area contributed by atoms with Crippen molar-refractivity contribution >= 4 is 5.97 Å². The molecule has 106 valence electrons. The zero-order valence-corrected chi connectivity index (χ0v) is 12.0. The summed E-state index contributed by atoms with van der Waals surface area (Å²) >= 11 is 0. The molecule has 21 heavy (non-hydrogen) atoms. The first-order valence-corrected chi connectivity index (χ1v) is 6.85. The third-order valence-corrected chi connectivity index (χ3v) is 3.25. The number of nitrogens with zero attached hydrogens (tertiary/aromatic N) is 1. The molecular formula is C18H17NO2. The Bertz CT molecular complexity index is 627. The Morgan fingerprint density at radius 1 is 1.14 bits per heavy atom. The fourth-order valence-electron chi connectivity index (χ4n) is 2.00. The van der Waals surface area contributed by atoms with Crippen LogP contribution in [-0.2, 0) is 16.1 Å². The van der Waals surface area contributed by atoms with E-state index >= 15 is 0 Å². The van der Waals surface area contributed by atoms with Crippen LogP contribution in [0.3, 0.4) is 0 Å². The molecule has 0 saturated carbocycles. The molecule has 0 fully saturated rings. The number of carbonyl (C=O) groups is 1. The van der Waals surface area contributed by atoms with E-state index in [2.05, 4.69) is 6.07 Å². The molecule has 1 atom stereocenters. The summed E-state index contributed by atoms with van der Waals surface area (Å²) in [5, 5.41) is 9.23. The molecule has 0 N–H and O–H groups in total. The van der Waals surface area contributed by atoms with Crippen LogP contribution < -0.4 is 0 Å². The van der Waals surface area contributed by atoms with Gasteiger partial charge in [0.1, 0.15) is 6.61 Å². The van der Waals surface area contributed by atoms with E-state index in [0.29, 0.717) is 0 Å². The van der Waals surface area contributed by atoms with Gasteiger partial charge in [0.25, 0.3) is 0 Å². The van der Waals surface area contributed by atoms with E-state index < -0.39 is 5.92 Å². The maximum Gasteiger partial charge on any atom is 0.307 e. The Hall–Kier alpha value is -2.60. The number of esters is 1. The molecule has 0 bridgehead atoms. The standard InChI is InChI=1S/C18H17NO2/c1-14-7-9-16(10-8-14)17(12-19)11-18(20)21-13-15-5-3-2-4-6-15/h2-10,17H,11,13H2,1H3. The summed E-state index contributed by atoms with van der Waals surface area (Å²) in [5.74, 6) is -0.820. The molecule has 1 unspecified atom stereocenters. The Morgan fingerprint density at radius 2 is 1.81 bits per heavy atom. The van der Waals surface area contributed by atoms with Gasteiger partial charge >= 0.3 is 5.97 Å². The van der Waals surface area contributed by atoms with Crippen LogP contribution in [0.25, 0.3) is 0 Å². The highest BCUT2D eigenvalue weighted by Gasteiger charge is 2.16. The van der Waals surface area contributed by atoms with Crippen molar-refractivity contribution in [2.45, 2.75) is 25.9 Å². The lowest BCUT2D eigenvalue weighted by molar-refractivity contribution is -0.145. The van der Waals surface area contributed by atoms with Gasteiger partial charge in [-0.1, -0.05) is 60.2 Å². The first kappa shape index (κ1) is 14.8. The largest absolute Gasteiger partial charge is 0.461 e. The third kappa shape index (κ3) is 4.47. The van der Waals surface area contributed by atoms with Crippen LogP contribution in [0, 0.1) is 18.3 Å². The van der Waals surface area contributed by atoms with E-state index in [4.69, 9.17) is 4.74 Å². The minimum atomic E-state index is -0.464. The van der Waals surface area contributed by atoms with Crippen molar-refractivity contribution in [2.75, 3.05) is 0 Å². The van der Waals surface area contributed by atoms with Crippen LogP contribution in [-0.4, -0.2) is 5.97 Å². The highest BCUT2D eigenvalue weighted by Crippen LogP contribution is 2.20. The van der Waals surface area contributed by atoms with Gasteiger partial charge in [0.05, 0.1) is 18.4 Å². The molecule has 2 rings (SSSR count). The van der Waals surface area contributed by atoms with Gasteiger partial charge in [-0.05, 0) is 18.1 Å². The quantitative estimate of drug-likeness (QED) is 0.783. The second-order valence-corrected chi connectivity index (χ2v) is 4.94. The lowest BCUT2D eigenvalue weighted by Gasteiger charge is -2.10.